The molecule has 60 valence electrons. The van der Waals surface area contributed by atoms with Gasteiger partial charge >= 0.3 is 5.97 Å². The Morgan fingerprint density at radius 1 is 1.45 bits per heavy atom. The van der Waals surface area contributed by atoms with Gasteiger partial charge in [-0.25, -0.2) is 0 Å². The number of carboxylic acid groups (broad SMARTS) is 1. The van der Waals surface area contributed by atoms with Crippen LogP contribution in [0.3, 0.4) is 0 Å². The predicted octanol–water partition coefficient (Wildman–Crippen LogP) is 1.67. The van der Waals surface area contributed by atoms with Gasteiger partial charge in [-0.3, -0.25) is 4.79 Å². The van der Waals surface area contributed by atoms with Crippen LogP contribution in [-0.4, -0.2) is 11.1 Å². The smallest absolute Gasteiger partial charge is 0.307 e. The molecule has 0 spiro atoms. The van der Waals surface area contributed by atoms with E-state index in [1.807, 2.05) is 0 Å². The van der Waals surface area contributed by atoms with Gasteiger partial charge in [0.2, 0.25) is 0 Å². The molecule has 0 unspecified atom stereocenters. The molecule has 1 fully saturated rings. The molecule has 0 amide bonds. The quantitative estimate of drug-likeness (QED) is 0.580. The third-order valence-electron chi connectivity index (χ3n) is 2.97. The number of hydrogen-bond donors (Lipinski definition) is 1. The predicted molar refractivity (Wildman–Crippen MR) is 41.1 cm³/mol. The van der Waals surface area contributed by atoms with Gasteiger partial charge in [0.05, 0.1) is 5.92 Å². The SMILES string of the molecule is O=C(O)[C@@H]1CC[C@H]2CC=C[C@H]21. The van der Waals surface area contributed by atoms with Crippen molar-refractivity contribution >= 4 is 5.97 Å². The van der Waals surface area contributed by atoms with Gasteiger partial charge in [0, 0.05) is 0 Å². The molecule has 2 nitrogen and oxygen atoms in total. The molecule has 2 heteroatoms. The van der Waals surface area contributed by atoms with E-state index in [9.17, 15) is 4.79 Å². The molecule has 0 radical (unpaired) electrons. The topological polar surface area (TPSA) is 37.3 Å². The highest BCUT2D eigenvalue weighted by molar-refractivity contribution is 5.71. The summed E-state index contributed by atoms with van der Waals surface area (Å²) < 4.78 is 0. The largest absolute Gasteiger partial charge is 0.481 e. The molecule has 0 aromatic rings. The second-order valence-corrected chi connectivity index (χ2v) is 3.52. The minimum absolute atomic E-state index is 0.0845. The second kappa shape index (κ2) is 2.36. The van der Waals surface area contributed by atoms with E-state index in [-0.39, 0.29) is 5.92 Å². The molecule has 3 atom stereocenters. The van der Waals surface area contributed by atoms with E-state index < -0.39 is 5.97 Å². The Morgan fingerprint density at radius 3 is 3.00 bits per heavy atom. The van der Waals surface area contributed by atoms with E-state index in [0.29, 0.717) is 11.8 Å². The zero-order valence-electron chi connectivity index (χ0n) is 6.36. The summed E-state index contributed by atoms with van der Waals surface area (Å²) >= 11 is 0. The fraction of sp³-hybridized carbons (Fsp3) is 0.667. The molecular formula is C9H12O2. The first-order valence-corrected chi connectivity index (χ1v) is 4.18. The average molecular weight is 152 g/mol. The van der Waals surface area contributed by atoms with Crippen LogP contribution in [0.4, 0.5) is 0 Å². The molecule has 0 aromatic heterocycles. The summed E-state index contributed by atoms with van der Waals surface area (Å²) in [6.45, 7) is 0. The van der Waals surface area contributed by atoms with Crippen molar-refractivity contribution in [1.29, 1.82) is 0 Å². The number of allylic oxidation sites excluding steroid dienone is 2. The standard InChI is InChI=1S/C9H12O2/c10-9(11)8-5-4-6-2-1-3-7(6)8/h1,3,6-8H,2,4-5H2,(H,10,11)/t6-,7-,8-/m1/s1. The van der Waals surface area contributed by atoms with E-state index >= 15 is 0 Å². The highest BCUT2D eigenvalue weighted by Gasteiger charge is 2.39. The molecule has 0 aromatic carbocycles. The molecule has 0 heterocycles. The van der Waals surface area contributed by atoms with Crippen molar-refractivity contribution in [2.75, 3.05) is 0 Å². The van der Waals surface area contributed by atoms with E-state index in [4.69, 9.17) is 5.11 Å². The Bertz CT molecular complexity index is 208. The maximum absolute atomic E-state index is 10.7. The maximum Gasteiger partial charge on any atom is 0.307 e. The number of rotatable bonds is 1. The molecular weight excluding hydrogens is 140 g/mol. The van der Waals surface area contributed by atoms with Gasteiger partial charge in [-0.15, -0.1) is 0 Å². The van der Waals surface area contributed by atoms with Crippen LogP contribution in [0.2, 0.25) is 0 Å². The molecule has 1 saturated carbocycles. The van der Waals surface area contributed by atoms with Crippen LogP contribution in [0, 0.1) is 17.8 Å². The van der Waals surface area contributed by atoms with Gasteiger partial charge in [-0.05, 0) is 31.1 Å². The van der Waals surface area contributed by atoms with Gasteiger partial charge in [0.25, 0.3) is 0 Å². The van der Waals surface area contributed by atoms with Crippen molar-refractivity contribution in [2.24, 2.45) is 17.8 Å². The minimum Gasteiger partial charge on any atom is -0.481 e. The van der Waals surface area contributed by atoms with Crippen molar-refractivity contribution in [3.63, 3.8) is 0 Å². The van der Waals surface area contributed by atoms with E-state index in [2.05, 4.69) is 12.2 Å². The van der Waals surface area contributed by atoms with Crippen molar-refractivity contribution in [3.05, 3.63) is 12.2 Å². The van der Waals surface area contributed by atoms with Gasteiger partial charge < -0.3 is 5.11 Å². The minimum atomic E-state index is -0.607. The summed E-state index contributed by atoms with van der Waals surface area (Å²) in [7, 11) is 0. The molecule has 0 saturated heterocycles. The molecule has 0 aliphatic heterocycles. The maximum atomic E-state index is 10.7. The van der Waals surface area contributed by atoms with E-state index in [0.717, 1.165) is 19.3 Å². The Morgan fingerprint density at radius 2 is 2.27 bits per heavy atom. The fourth-order valence-electron chi connectivity index (χ4n) is 2.37. The third-order valence-corrected chi connectivity index (χ3v) is 2.97. The van der Waals surface area contributed by atoms with Crippen molar-refractivity contribution in [1.82, 2.24) is 0 Å². The van der Waals surface area contributed by atoms with Crippen molar-refractivity contribution in [2.45, 2.75) is 19.3 Å². The highest BCUT2D eigenvalue weighted by Crippen LogP contribution is 2.43. The molecule has 1 N–H and O–H groups in total. The zero-order valence-corrected chi connectivity index (χ0v) is 6.36. The average Bonchev–Trinajstić information content (AvgIpc) is 2.41. The molecule has 2 aliphatic rings. The van der Waals surface area contributed by atoms with Crippen LogP contribution < -0.4 is 0 Å². The first-order valence-electron chi connectivity index (χ1n) is 4.18. The number of aliphatic carboxylic acids is 1. The van der Waals surface area contributed by atoms with Crippen LogP contribution in [0.1, 0.15) is 19.3 Å². The number of fused-ring (bicyclic) bond motifs is 1. The third kappa shape index (κ3) is 0.971. The Labute approximate surface area is 65.9 Å². The molecule has 0 bridgehead atoms. The number of carbonyl (C=O) groups is 1. The Kier molecular flexibility index (Phi) is 1.48. The second-order valence-electron chi connectivity index (χ2n) is 3.52. The molecule has 2 rings (SSSR count). The van der Waals surface area contributed by atoms with Crippen LogP contribution in [0.5, 0.6) is 0 Å². The van der Waals surface area contributed by atoms with Gasteiger partial charge in [-0.2, -0.15) is 0 Å². The first-order chi connectivity index (χ1) is 5.29. The summed E-state index contributed by atoms with van der Waals surface area (Å²) in [5, 5.41) is 8.83. The van der Waals surface area contributed by atoms with Gasteiger partial charge in [0.1, 0.15) is 0 Å². The summed E-state index contributed by atoms with van der Waals surface area (Å²) in [6.07, 6.45) is 7.32. The molecule has 11 heavy (non-hydrogen) atoms. The Balaban J connectivity index is 2.14. The van der Waals surface area contributed by atoms with Crippen LogP contribution >= 0.6 is 0 Å². The zero-order chi connectivity index (χ0) is 7.84. The lowest BCUT2D eigenvalue weighted by Crippen LogP contribution is -2.18. The summed E-state index contributed by atoms with van der Waals surface area (Å²) in [5.74, 6) is 0.311. The van der Waals surface area contributed by atoms with Crippen molar-refractivity contribution < 1.29 is 9.90 Å². The number of hydrogen-bond acceptors (Lipinski definition) is 1. The van der Waals surface area contributed by atoms with Crippen LogP contribution in [0.15, 0.2) is 12.2 Å². The lowest BCUT2D eigenvalue weighted by atomic mass is 9.93. The van der Waals surface area contributed by atoms with Crippen molar-refractivity contribution in [3.8, 4) is 0 Å². The summed E-state index contributed by atoms with van der Waals surface area (Å²) in [4.78, 5) is 10.7. The fourth-order valence-corrected chi connectivity index (χ4v) is 2.37. The van der Waals surface area contributed by atoms with E-state index in [1.54, 1.807) is 0 Å². The first kappa shape index (κ1) is 6.89. The monoisotopic (exact) mass is 152 g/mol. The highest BCUT2D eigenvalue weighted by atomic mass is 16.4. The lowest BCUT2D eigenvalue weighted by molar-refractivity contribution is -0.142. The van der Waals surface area contributed by atoms with Crippen LogP contribution in [0.25, 0.3) is 0 Å². The van der Waals surface area contributed by atoms with Crippen LogP contribution in [-0.2, 0) is 4.79 Å². The van der Waals surface area contributed by atoms with Gasteiger partial charge in [0.15, 0.2) is 0 Å². The lowest BCUT2D eigenvalue weighted by Gasteiger charge is -2.11. The Hall–Kier alpha value is -0.790. The van der Waals surface area contributed by atoms with E-state index in [1.165, 1.54) is 0 Å². The molecule has 2 aliphatic carbocycles. The summed E-state index contributed by atoms with van der Waals surface area (Å²) in [6, 6.07) is 0. The number of carboxylic acids is 1. The summed E-state index contributed by atoms with van der Waals surface area (Å²) in [5.41, 5.74) is 0. The normalized spacial score (nSPS) is 40.9. The van der Waals surface area contributed by atoms with Gasteiger partial charge in [-0.1, -0.05) is 12.2 Å².